The molecule has 0 aliphatic carbocycles. The number of pyridine rings is 4. The molecule has 0 aliphatic heterocycles. The highest BCUT2D eigenvalue weighted by atomic mass is 19.1. The first-order valence-electron chi connectivity index (χ1n) is 25.3. The van der Waals surface area contributed by atoms with Gasteiger partial charge in [0.25, 0.3) is 0 Å². The maximum atomic E-state index is 14.7. The van der Waals surface area contributed by atoms with Gasteiger partial charge in [0, 0.05) is 84.5 Å². The molecule has 0 spiro atoms. The number of hydrogen-bond acceptors (Lipinski definition) is 5. The normalized spacial score (nSPS) is 15.1. The third kappa shape index (κ3) is 8.28. The Kier molecular flexibility index (Phi) is 7.92. The fourth-order valence-electron chi connectivity index (χ4n) is 7.44. The molecule has 64 heavy (non-hydrogen) atoms. The number of halogens is 4. The standard InChI is InChI=1S/C55H38F4N4O/c1-33-9-19-45-44-7-4-8-48(54(44)64-55(45)63-33)53-24-16-38(32-62-53)42-5-2-3-6-43(42)39-26-36(12-10-34-14-22-51(60-30-34)46-20-17-40(56)28-49(46)58)25-37(27-39)13-11-35-15-23-52(61-31-35)47-21-18-41(57)29-50(47)59/h2-9,14-32H,10-13H2,1H3/i1D3,10D2,11D2,12D2,13D2. The van der Waals surface area contributed by atoms with Gasteiger partial charge in [-0.05, 0) is 132 Å². The van der Waals surface area contributed by atoms with Gasteiger partial charge in [0.05, 0.1) is 17.1 Å². The van der Waals surface area contributed by atoms with Gasteiger partial charge in [-0.15, -0.1) is 0 Å². The van der Waals surface area contributed by atoms with Crippen molar-refractivity contribution in [2.45, 2.75) is 32.3 Å². The van der Waals surface area contributed by atoms with Crippen LogP contribution < -0.4 is 0 Å². The van der Waals surface area contributed by atoms with E-state index in [0.29, 0.717) is 56.4 Å². The van der Waals surface area contributed by atoms with Crippen LogP contribution in [0.5, 0.6) is 0 Å². The zero-order chi connectivity index (χ0) is 53.4. The summed E-state index contributed by atoms with van der Waals surface area (Å²) in [6.45, 7) is -2.45. The number of rotatable bonds is 11. The molecule has 0 atom stereocenters. The third-order valence-corrected chi connectivity index (χ3v) is 10.5. The molecule has 0 amide bonds. The molecule has 0 saturated heterocycles. The highest BCUT2D eigenvalue weighted by Crippen LogP contribution is 2.37. The Labute approximate surface area is 382 Å². The van der Waals surface area contributed by atoms with Crippen LogP contribution in [0.4, 0.5) is 17.6 Å². The fourth-order valence-corrected chi connectivity index (χ4v) is 7.44. The lowest BCUT2D eigenvalue weighted by atomic mass is 9.90. The van der Waals surface area contributed by atoms with E-state index in [-0.39, 0.29) is 50.6 Å². The van der Waals surface area contributed by atoms with Gasteiger partial charge in [-0.2, -0.15) is 0 Å². The molecule has 312 valence electrons. The molecule has 0 unspecified atom stereocenters. The lowest BCUT2D eigenvalue weighted by Gasteiger charge is -2.15. The summed E-state index contributed by atoms with van der Waals surface area (Å²) in [6, 6.07) is 33.4. The second-order valence-electron chi connectivity index (χ2n) is 14.7. The Hall–Kier alpha value is -7.78. The van der Waals surface area contributed by atoms with E-state index in [0.717, 1.165) is 30.6 Å². The SMILES string of the molecule is [2H]C([2H])([2H])c1ccc2c(n1)oc1c(-c3ccc(-c4ccccc4-c4cc(C([2H])([2H])C([2H])([2H])c5ccc(-c6ccc(F)cc6F)nc5)cc(C([2H])([2H])C([2H])([2H])c5ccc(-c6ccc(F)cc6F)nc5)c4)cn3)cccc12. The monoisotopic (exact) mass is 857 g/mol. The summed E-state index contributed by atoms with van der Waals surface area (Å²) in [5, 5.41) is 1.30. The van der Waals surface area contributed by atoms with E-state index in [4.69, 9.17) is 13.5 Å². The van der Waals surface area contributed by atoms with E-state index in [9.17, 15) is 28.5 Å². The second kappa shape index (κ2) is 17.2. The third-order valence-electron chi connectivity index (χ3n) is 10.5. The van der Waals surface area contributed by atoms with Gasteiger partial charge in [0.1, 0.15) is 28.9 Å². The molecule has 10 aromatic rings. The van der Waals surface area contributed by atoms with Crippen molar-refractivity contribution in [3.63, 3.8) is 0 Å². The van der Waals surface area contributed by atoms with Crippen molar-refractivity contribution in [3.05, 3.63) is 215 Å². The Balaban J connectivity index is 1.07. The van der Waals surface area contributed by atoms with Crippen LogP contribution in [-0.2, 0) is 25.5 Å². The topological polar surface area (TPSA) is 64.7 Å². The smallest absolute Gasteiger partial charge is 0.227 e. The van der Waals surface area contributed by atoms with Gasteiger partial charge in [0.2, 0.25) is 5.71 Å². The molecule has 5 aromatic carbocycles. The number of aromatic nitrogens is 4. The highest BCUT2D eigenvalue weighted by molar-refractivity contribution is 6.08. The quantitative estimate of drug-likeness (QED) is 0.121. The Morgan fingerprint density at radius 2 is 1.03 bits per heavy atom. The summed E-state index contributed by atoms with van der Waals surface area (Å²) < 4.78 is 161. The number of benzene rings is 5. The first-order chi connectivity index (χ1) is 35.4. The molecule has 10 rings (SSSR count). The molecule has 0 radical (unpaired) electrons. The van der Waals surface area contributed by atoms with E-state index in [1.54, 1.807) is 54.7 Å². The molecule has 9 heteroatoms. The summed E-state index contributed by atoms with van der Waals surface area (Å²) in [7, 11) is 0. The van der Waals surface area contributed by atoms with Gasteiger partial charge in [-0.1, -0.05) is 72.8 Å². The van der Waals surface area contributed by atoms with Crippen LogP contribution in [0, 0.1) is 30.1 Å². The average molecular weight is 858 g/mol. The minimum Gasteiger partial charge on any atom is -0.437 e. The molecular formula is C55H38F4N4O. The van der Waals surface area contributed by atoms with E-state index in [2.05, 4.69) is 15.0 Å². The highest BCUT2D eigenvalue weighted by Gasteiger charge is 2.16. The van der Waals surface area contributed by atoms with Crippen molar-refractivity contribution in [3.8, 4) is 56.0 Å². The molecule has 5 nitrogen and oxygen atoms in total. The zero-order valence-corrected chi connectivity index (χ0v) is 33.3. The largest absolute Gasteiger partial charge is 0.437 e. The minimum absolute atomic E-state index is 0.0204. The maximum Gasteiger partial charge on any atom is 0.227 e. The summed E-state index contributed by atoms with van der Waals surface area (Å²) in [6.07, 6.45) is -8.27. The molecule has 5 aromatic heterocycles. The Bertz CT molecular complexity index is 3700. The summed E-state index contributed by atoms with van der Waals surface area (Å²) in [5.74, 6) is -3.46. The van der Waals surface area contributed by atoms with Crippen LogP contribution in [0.15, 0.2) is 169 Å². The van der Waals surface area contributed by atoms with E-state index in [1.807, 2.05) is 12.1 Å². The predicted molar refractivity (Wildman–Crippen MR) is 244 cm³/mol. The lowest BCUT2D eigenvalue weighted by Crippen LogP contribution is -1.99. The van der Waals surface area contributed by atoms with Crippen molar-refractivity contribution in [1.29, 1.82) is 0 Å². The molecule has 0 fully saturated rings. The summed E-state index contributed by atoms with van der Waals surface area (Å²) >= 11 is 0. The first kappa shape index (κ1) is 29.5. The van der Waals surface area contributed by atoms with Gasteiger partial charge in [-0.25, -0.2) is 22.5 Å². The van der Waals surface area contributed by atoms with E-state index < -0.39 is 66.7 Å². The van der Waals surface area contributed by atoms with Gasteiger partial charge < -0.3 is 4.42 Å². The first-order valence-corrected chi connectivity index (χ1v) is 19.8. The van der Waals surface area contributed by atoms with Crippen LogP contribution in [0.1, 0.15) is 43.0 Å². The van der Waals surface area contributed by atoms with Crippen LogP contribution in [-0.4, -0.2) is 19.9 Å². The number of para-hydroxylation sites is 1. The predicted octanol–water partition coefficient (Wildman–Crippen LogP) is 13.9. The van der Waals surface area contributed by atoms with Crippen molar-refractivity contribution >= 4 is 22.1 Å². The van der Waals surface area contributed by atoms with Crippen molar-refractivity contribution in [2.75, 3.05) is 0 Å². The molecule has 0 bridgehead atoms. The van der Waals surface area contributed by atoms with E-state index in [1.165, 1.54) is 54.6 Å². The molecule has 5 heterocycles. The van der Waals surface area contributed by atoms with Crippen molar-refractivity contribution in [1.82, 2.24) is 19.9 Å². The molecule has 0 aliphatic rings. The number of hydrogen-bond donors (Lipinski definition) is 0. The minimum atomic E-state index is -3.02. The maximum absolute atomic E-state index is 14.7. The van der Waals surface area contributed by atoms with E-state index >= 15 is 0 Å². The van der Waals surface area contributed by atoms with Gasteiger partial charge in [-0.3, -0.25) is 15.0 Å². The lowest BCUT2D eigenvalue weighted by molar-refractivity contribution is 0.584. The number of aryl methyl sites for hydroxylation is 5. The van der Waals surface area contributed by atoms with Crippen LogP contribution >= 0.6 is 0 Å². The molecule has 0 N–H and O–H groups in total. The number of fused-ring (bicyclic) bond motifs is 3. The molecular weight excluding hydrogens is 809 g/mol. The van der Waals surface area contributed by atoms with Gasteiger partial charge in [0.15, 0.2) is 0 Å². The van der Waals surface area contributed by atoms with Crippen LogP contribution in [0.3, 0.4) is 0 Å². The summed E-state index contributed by atoms with van der Waals surface area (Å²) in [5.41, 5.74) is 1.71. The van der Waals surface area contributed by atoms with Crippen LogP contribution in [0.2, 0.25) is 0 Å². The zero-order valence-electron chi connectivity index (χ0n) is 44.3. The average Bonchev–Trinajstić information content (AvgIpc) is 3.77. The summed E-state index contributed by atoms with van der Waals surface area (Å²) in [4.78, 5) is 17.4. The number of furan rings is 1. The Morgan fingerprint density at radius 3 is 1.59 bits per heavy atom. The van der Waals surface area contributed by atoms with Crippen molar-refractivity contribution in [2.24, 2.45) is 0 Å². The Morgan fingerprint density at radius 1 is 0.469 bits per heavy atom. The second-order valence-corrected chi connectivity index (χ2v) is 14.7. The van der Waals surface area contributed by atoms with Crippen LogP contribution in [0.25, 0.3) is 78.1 Å². The molecule has 0 saturated carbocycles. The number of nitrogens with zero attached hydrogens (tertiary/aromatic N) is 4. The van der Waals surface area contributed by atoms with Crippen molar-refractivity contribution < 1.29 is 37.1 Å². The van der Waals surface area contributed by atoms with Gasteiger partial charge >= 0.3 is 0 Å². The fraction of sp³-hybridized carbons (Fsp3) is 0.0909.